The van der Waals surface area contributed by atoms with Crippen LogP contribution in [-0.2, 0) is 16.6 Å². The van der Waals surface area contributed by atoms with Gasteiger partial charge in [-0.1, -0.05) is 29.5 Å². The summed E-state index contributed by atoms with van der Waals surface area (Å²) in [6, 6.07) is 14.2. The molecule has 0 aliphatic carbocycles. The molecule has 1 saturated heterocycles. The van der Waals surface area contributed by atoms with Crippen molar-refractivity contribution in [1.82, 2.24) is 40.2 Å². The van der Waals surface area contributed by atoms with Crippen molar-refractivity contribution in [2.24, 2.45) is 0 Å². The number of rotatable bonds is 9. The molecule has 0 atom stereocenters. The molecule has 4 aromatic heterocycles. The van der Waals surface area contributed by atoms with Crippen molar-refractivity contribution >= 4 is 61.4 Å². The van der Waals surface area contributed by atoms with Gasteiger partial charge in [0.25, 0.3) is 14.4 Å². The Morgan fingerprint density at radius 2 is 1.77 bits per heavy atom. The van der Waals surface area contributed by atoms with Crippen LogP contribution < -0.4 is 15.4 Å². The highest BCUT2D eigenvalue weighted by Crippen LogP contribution is 2.27. The van der Waals surface area contributed by atoms with Crippen LogP contribution >= 0.6 is 23.7 Å². The molecule has 1 aliphatic rings. The lowest BCUT2D eigenvalue weighted by molar-refractivity contribution is 0.229. The van der Waals surface area contributed by atoms with Crippen molar-refractivity contribution in [3.8, 4) is 11.1 Å². The minimum Gasteiger partial charge on any atom is -0.315 e. The highest BCUT2D eigenvalue weighted by molar-refractivity contribution is 7.94. The number of anilines is 3. The maximum atomic E-state index is 12.7. The van der Waals surface area contributed by atoms with Crippen molar-refractivity contribution in [2.75, 3.05) is 42.8 Å². The molecule has 40 heavy (non-hydrogen) atoms. The number of pyridine rings is 2. The second-order valence-corrected chi connectivity index (χ2v) is 11.8. The highest BCUT2D eigenvalue weighted by Gasteiger charge is 2.20. The summed E-state index contributed by atoms with van der Waals surface area (Å²) in [5.74, 6) is 0.504. The third-order valence-corrected chi connectivity index (χ3v) is 8.84. The fraction of sp³-hybridized carbons (Fsp3) is 0.240. The van der Waals surface area contributed by atoms with E-state index in [1.807, 2.05) is 41.5 Å². The Morgan fingerprint density at radius 3 is 2.60 bits per heavy atom. The SMILES string of the molecule is Cl.O=S(=O)(Nc1ccccc1)c1nnc(Nc2ccc3ncc(-c4cnn(CCN5CCNCC5)c4)cc3n2)s1. The number of aromatic nitrogens is 6. The predicted octanol–water partition coefficient (Wildman–Crippen LogP) is 3.22. The smallest absolute Gasteiger partial charge is 0.291 e. The monoisotopic (exact) mass is 598 g/mol. The normalized spacial score (nSPS) is 14.1. The number of nitrogens with one attached hydrogen (secondary N) is 3. The summed E-state index contributed by atoms with van der Waals surface area (Å²) in [5, 5.41) is 19.1. The van der Waals surface area contributed by atoms with Crippen molar-refractivity contribution in [2.45, 2.75) is 10.9 Å². The van der Waals surface area contributed by atoms with Crippen LogP contribution in [0, 0.1) is 0 Å². The largest absolute Gasteiger partial charge is 0.315 e. The van der Waals surface area contributed by atoms with E-state index in [-0.39, 0.29) is 16.7 Å². The van der Waals surface area contributed by atoms with E-state index < -0.39 is 10.0 Å². The number of piperazine rings is 1. The molecule has 0 radical (unpaired) electrons. The summed E-state index contributed by atoms with van der Waals surface area (Å²) in [5.41, 5.74) is 3.76. The number of benzene rings is 1. The fourth-order valence-electron chi connectivity index (χ4n) is 4.23. The average Bonchev–Trinajstić information content (AvgIpc) is 3.63. The Balaban J connectivity index is 0.00000323. The Hall–Kier alpha value is -3.69. The Morgan fingerprint density at radius 1 is 0.950 bits per heavy atom. The van der Waals surface area contributed by atoms with Gasteiger partial charge in [0.2, 0.25) is 5.13 Å². The molecule has 5 aromatic rings. The second-order valence-electron chi connectivity index (χ2n) is 9.01. The number of halogens is 1. The molecule has 0 saturated carbocycles. The lowest BCUT2D eigenvalue weighted by Gasteiger charge is -2.26. The lowest BCUT2D eigenvalue weighted by atomic mass is 10.1. The Kier molecular flexibility index (Phi) is 8.52. The van der Waals surface area contributed by atoms with Gasteiger partial charge in [0, 0.05) is 61.9 Å². The van der Waals surface area contributed by atoms with Crippen LogP contribution in [0.25, 0.3) is 22.2 Å². The maximum Gasteiger partial charge on any atom is 0.291 e. The zero-order chi connectivity index (χ0) is 26.7. The van der Waals surface area contributed by atoms with Gasteiger partial charge in [-0.05, 0) is 30.3 Å². The predicted molar refractivity (Wildman–Crippen MR) is 158 cm³/mol. The number of fused-ring (bicyclic) bond motifs is 1. The van der Waals surface area contributed by atoms with Crippen LogP contribution in [0.1, 0.15) is 0 Å². The summed E-state index contributed by atoms with van der Waals surface area (Å²) in [6.45, 7) is 5.97. The van der Waals surface area contributed by atoms with Gasteiger partial charge >= 0.3 is 0 Å². The van der Waals surface area contributed by atoms with Gasteiger partial charge in [-0.2, -0.15) is 13.5 Å². The molecule has 3 N–H and O–H groups in total. The molecular weight excluding hydrogens is 572 g/mol. The number of sulfonamides is 1. The molecule has 0 spiro atoms. The van der Waals surface area contributed by atoms with Gasteiger partial charge < -0.3 is 10.6 Å². The van der Waals surface area contributed by atoms with E-state index in [0.29, 0.717) is 22.2 Å². The molecular formula is C25H27ClN10O2S2. The molecule has 0 bridgehead atoms. The number of para-hydroxylation sites is 1. The first-order chi connectivity index (χ1) is 19.0. The summed E-state index contributed by atoms with van der Waals surface area (Å²) in [4.78, 5) is 11.7. The third kappa shape index (κ3) is 6.54. The molecule has 0 unspecified atom stereocenters. The summed E-state index contributed by atoms with van der Waals surface area (Å²) in [6.07, 6.45) is 5.69. The standard InChI is InChI=1S/C25H26N10O2S2.ClH/c36-39(37,33-20-4-2-1-3-5-20)25-32-31-24(38-25)30-23-7-6-21-22(29-23)14-18(15-27-21)19-16-28-35(17-19)13-12-34-10-8-26-9-11-34;/h1-7,14-17,26,33H,8-13H2,(H,29,30,31);1H. The van der Waals surface area contributed by atoms with Crippen LogP contribution in [0.3, 0.4) is 0 Å². The molecule has 1 aromatic carbocycles. The molecule has 5 heterocycles. The van der Waals surface area contributed by atoms with E-state index >= 15 is 0 Å². The topological polar surface area (TPSA) is 143 Å². The zero-order valence-electron chi connectivity index (χ0n) is 21.3. The Labute approximate surface area is 241 Å². The molecule has 1 fully saturated rings. The first-order valence-electron chi connectivity index (χ1n) is 12.4. The zero-order valence-corrected chi connectivity index (χ0v) is 23.7. The van der Waals surface area contributed by atoms with E-state index in [0.717, 1.165) is 67.2 Å². The fourth-order valence-corrected chi connectivity index (χ4v) is 6.20. The molecule has 15 heteroatoms. The maximum absolute atomic E-state index is 12.7. The number of hydrogen-bond donors (Lipinski definition) is 3. The van der Waals surface area contributed by atoms with E-state index in [1.54, 1.807) is 30.3 Å². The van der Waals surface area contributed by atoms with E-state index in [4.69, 9.17) is 0 Å². The first kappa shape index (κ1) is 27.9. The van der Waals surface area contributed by atoms with Gasteiger partial charge in [-0.3, -0.25) is 19.3 Å². The van der Waals surface area contributed by atoms with E-state index in [2.05, 4.69) is 45.5 Å². The van der Waals surface area contributed by atoms with Crippen LogP contribution in [0.2, 0.25) is 0 Å². The van der Waals surface area contributed by atoms with Crippen molar-refractivity contribution in [3.63, 3.8) is 0 Å². The van der Waals surface area contributed by atoms with Gasteiger partial charge in [-0.25, -0.2) is 4.98 Å². The quantitative estimate of drug-likeness (QED) is 0.231. The van der Waals surface area contributed by atoms with Crippen molar-refractivity contribution < 1.29 is 8.42 Å². The van der Waals surface area contributed by atoms with Gasteiger partial charge in [0.05, 0.1) is 23.8 Å². The third-order valence-electron chi connectivity index (χ3n) is 6.26. The van der Waals surface area contributed by atoms with Crippen LogP contribution in [0.4, 0.5) is 16.6 Å². The number of nitrogens with zero attached hydrogens (tertiary/aromatic N) is 7. The molecule has 12 nitrogen and oxygen atoms in total. The highest BCUT2D eigenvalue weighted by atomic mass is 35.5. The number of hydrogen-bond acceptors (Lipinski definition) is 11. The molecule has 1 aliphatic heterocycles. The molecule has 6 rings (SSSR count). The first-order valence-corrected chi connectivity index (χ1v) is 14.7. The summed E-state index contributed by atoms with van der Waals surface area (Å²) >= 11 is 0.919. The van der Waals surface area contributed by atoms with Crippen LogP contribution in [0.15, 0.2) is 71.5 Å². The summed E-state index contributed by atoms with van der Waals surface area (Å²) in [7, 11) is -3.85. The van der Waals surface area contributed by atoms with E-state index in [9.17, 15) is 8.42 Å². The molecule has 208 valence electrons. The average molecular weight is 599 g/mol. The van der Waals surface area contributed by atoms with Crippen molar-refractivity contribution in [1.29, 1.82) is 0 Å². The minimum absolute atomic E-state index is 0. The van der Waals surface area contributed by atoms with Gasteiger partial charge in [-0.15, -0.1) is 22.6 Å². The van der Waals surface area contributed by atoms with Crippen molar-refractivity contribution in [3.05, 3.63) is 67.1 Å². The molecule has 0 amide bonds. The van der Waals surface area contributed by atoms with Gasteiger partial charge in [0.1, 0.15) is 5.82 Å². The second kappa shape index (κ2) is 12.2. The summed E-state index contributed by atoms with van der Waals surface area (Å²) < 4.78 is 29.7. The van der Waals surface area contributed by atoms with E-state index in [1.165, 1.54) is 0 Å². The lowest BCUT2D eigenvalue weighted by Crippen LogP contribution is -2.44. The van der Waals surface area contributed by atoms with Crippen LogP contribution in [0.5, 0.6) is 0 Å². The van der Waals surface area contributed by atoms with Crippen LogP contribution in [-0.4, -0.2) is 76.0 Å². The van der Waals surface area contributed by atoms with Gasteiger partial charge in [0.15, 0.2) is 0 Å². The Bertz CT molecular complexity index is 1690. The minimum atomic E-state index is -3.85.